The molecule has 0 aliphatic heterocycles. The van der Waals surface area contributed by atoms with E-state index in [9.17, 15) is 9.59 Å². The van der Waals surface area contributed by atoms with Gasteiger partial charge in [-0.15, -0.1) is 0 Å². The Morgan fingerprint density at radius 2 is 1.67 bits per heavy atom. The average Bonchev–Trinajstić information content (AvgIpc) is 2.27. The number of carbonyl (C=O) groups excluding carboxylic acids is 2. The molecule has 0 spiro atoms. The lowest BCUT2D eigenvalue weighted by Gasteiger charge is -2.19. The Morgan fingerprint density at radius 1 is 1.06 bits per heavy atom. The molecule has 0 aliphatic rings. The molecule has 1 rings (SSSR count). The molecule has 0 N–H and O–H groups in total. The van der Waals surface area contributed by atoms with Crippen LogP contribution in [0.15, 0.2) is 30.3 Å². The lowest BCUT2D eigenvalue weighted by Crippen LogP contribution is -2.23. The van der Waals surface area contributed by atoms with Crippen molar-refractivity contribution in [3.63, 3.8) is 0 Å². The molecule has 0 aliphatic carbocycles. The monoisotopic (exact) mass is 248 g/mol. The summed E-state index contributed by atoms with van der Waals surface area (Å²) in [6.45, 7) is 5.50. The third-order valence-corrected chi connectivity index (χ3v) is 2.30. The van der Waals surface area contributed by atoms with Gasteiger partial charge in [0.15, 0.2) is 5.78 Å². The topological polar surface area (TPSA) is 43.4 Å². The number of rotatable bonds is 5. The van der Waals surface area contributed by atoms with Gasteiger partial charge in [-0.25, -0.2) is 0 Å². The molecule has 0 atom stereocenters. The summed E-state index contributed by atoms with van der Waals surface area (Å²) in [5.74, 6) is -0.178. The smallest absolute Gasteiger partial charge is 0.306 e. The first-order valence-corrected chi connectivity index (χ1v) is 6.18. The molecule has 0 radical (unpaired) electrons. The van der Waals surface area contributed by atoms with Gasteiger partial charge in [0, 0.05) is 18.4 Å². The fourth-order valence-corrected chi connectivity index (χ4v) is 1.55. The van der Waals surface area contributed by atoms with Crippen molar-refractivity contribution in [2.75, 3.05) is 0 Å². The van der Waals surface area contributed by atoms with Crippen LogP contribution in [-0.2, 0) is 9.53 Å². The molecule has 0 amide bonds. The number of esters is 1. The summed E-state index contributed by atoms with van der Waals surface area (Å²) < 4.78 is 5.17. The molecule has 0 fully saturated rings. The van der Waals surface area contributed by atoms with Gasteiger partial charge in [0.25, 0.3) is 0 Å². The Bertz CT molecular complexity index is 401. The van der Waals surface area contributed by atoms with Gasteiger partial charge in [0.2, 0.25) is 0 Å². The Hall–Kier alpha value is -1.64. The van der Waals surface area contributed by atoms with Crippen LogP contribution in [0.5, 0.6) is 0 Å². The maximum atomic E-state index is 11.8. The zero-order valence-electron chi connectivity index (χ0n) is 11.2. The summed E-state index contributed by atoms with van der Waals surface area (Å²) in [5.41, 5.74) is 0.238. The second kappa shape index (κ2) is 6.34. The van der Waals surface area contributed by atoms with E-state index in [0.717, 1.165) is 0 Å². The van der Waals surface area contributed by atoms with Crippen molar-refractivity contribution >= 4 is 11.8 Å². The fourth-order valence-electron chi connectivity index (χ4n) is 1.55. The van der Waals surface area contributed by atoms with Crippen LogP contribution in [0.2, 0.25) is 0 Å². The number of ether oxygens (including phenoxy) is 1. The maximum Gasteiger partial charge on any atom is 0.306 e. The summed E-state index contributed by atoms with van der Waals surface area (Å²) in [7, 11) is 0. The van der Waals surface area contributed by atoms with Gasteiger partial charge < -0.3 is 4.74 Å². The molecule has 3 heteroatoms. The number of benzene rings is 1. The van der Waals surface area contributed by atoms with Crippen LogP contribution >= 0.6 is 0 Å². The molecule has 98 valence electrons. The standard InChI is InChI=1S/C15H20O3/c1-15(2,3)18-14(17)11-7-10-13(16)12-8-5-4-6-9-12/h4-6,8-9H,7,10-11H2,1-3H3. The SMILES string of the molecule is CC(C)(C)OC(=O)CCCC(=O)c1ccccc1. The predicted octanol–water partition coefficient (Wildman–Crippen LogP) is 3.38. The molecule has 0 unspecified atom stereocenters. The van der Waals surface area contributed by atoms with Crippen molar-refractivity contribution in [2.24, 2.45) is 0 Å². The lowest BCUT2D eigenvalue weighted by atomic mass is 10.1. The van der Waals surface area contributed by atoms with E-state index in [1.54, 1.807) is 12.1 Å². The largest absolute Gasteiger partial charge is 0.460 e. The maximum absolute atomic E-state index is 11.8. The quantitative estimate of drug-likeness (QED) is 0.592. The molecule has 1 aromatic rings. The fraction of sp³-hybridized carbons (Fsp3) is 0.467. The molecule has 3 nitrogen and oxygen atoms in total. The van der Waals surface area contributed by atoms with Crippen LogP contribution < -0.4 is 0 Å². The van der Waals surface area contributed by atoms with E-state index in [2.05, 4.69) is 0 Å². The third kappa shape index (κ3) is 5.62. The molecule has 0 aromatic heterocycles. The van der Waals surface area contributed by atoms with Crippen LogP contribution in [0, 0.1) is 0 Å². The van der Waals surface area contributed by atoms with Gasteiger partial charge in [0.05, 0.1) is 0 Å². The molecule has 0 bridgehead atoms. The second-order valence-electron chi connectivity index (χ2n) is 5.23. The van der Waals surface area contributed by atoms with Crippen molar-refractivity contribution in [1.29, 1.82) is 0 Å². The van der Waals surface area contributed by atoms with Gasteiger partial charge in [-0.2, -0.15) is 0 Å². The predicted molar refractivity (Wildman–Crippen MR) is 70.5 cm³/mol. The minimum atomic E-state index is -0.458. The first-order valence-electron chi connectivity index (χ1n) is 6.18. The van der Waals surface area contributed by atoms with E-state index < -0.39 is 5.60 Å². The van der Waals surface area contributed by atoms with Crippen LogP contribution in [0.3, 0.4) is 0 Å². The number of carbonyl (C=O) groups is 2. The lowest BCUT2D eigenvalue weighted by molar-refractivity contribution is -0.154. The summed E-state index contributed by atoms with van der Waals surface area (Å²) in [6, 6.07) is 9.12. The summed E-state index contributed by atoms with van der Waals surface area (Å²) >= 11 is 0. The number of Topliss-reactive ketones (excluding diaryl/α,β-unsaturated/α-hetero) is 1. The van der Waals surface area contributed by atoms with E-state index in [1.165, 1.54) is 0 Å². The Labute approximate surface area is 108 Å². The minimum absolute atomic E-state index is 0.0687. The molecule has 0 saturated carbocycles. The molecule has 0 saturated heterocycles. The highest BCUT2D eigenvalue weighted by molar-refractivity contribution is 5.96. The zero-order valence-corrected chi connectivity index (χ0v) is 11.2. The van der Waals surface area contributed by atoms with Crippen molar-refractivity contribution in [2.45, 2.75) is 45.6 Å². The highest BCUT2D eigenvalue weighted by Gasteiger charge is 2.16. The van der Waals surface area contributed by atoms with E-state index in [0.29, 0.717) is 18.4 Å². The highest BCUT2D eigenvalue weighted by Crippen LogP contribution is 2.11. The minimum Gasteiger partial charge on any atom is -0.460 e. The van der Waals surface area contributed by atoms with Crippen molar-refractivity contribution in [3.8, 4) is 0 Å². The molecule has 0 heterocycles. The average molecular weight is 248 g/mol. The number of ketones is 1. The first-order chi connectivity index (χ1) is 8.38. The van der Waals surface area contributed by atoms with Gasteiger partial charge in [-0.3, -0.25) is 9.59 Å². The van der Waals surface area contributed by atoms with Crippen molar-refractivity contribution in [3.05, 3.63) is 35.9 Å². The van der Waals surface area contributed by atoms with Gasteiger partial charge in [-0.05, 0) is 27.2 Å². The van der Waals surface area contributed by atoms with E-state index in [1.807, 2.05) is 39.0 Å². The third-order valence-electron chi connectivity index (χ3n) is 2.30. The molecule has 1 aromatic carbocycles. The first kappa shape index (κ1) is 14.4. The van der Waals surface area contributed by atoms with Gasteiger partial charge >= 0.3 is 5.97 Å². The van der Waals surface area contributed by atoms with E-state index in [-0.39, 0.29) is 18.2 Å². The Kier molecular flexibility index (Phi) is 5.08. The molecular formula is C15H20O3. The molecular weight excluding hydrogens is 228 g/mol. The van der Waals surface area contributed by atoms with Crippen molar-refractivity contribution in [1.82, 2.24) is 0 Å². The summed E-state index contributed by atoms with van der Waals surface area (Å²) in [4.78, 5) is 23.2. The molecule has 18 heavy (non-hydrogen) atoms. The van der Waals surface area contributed by atoms with E-state index in [4.69, 9.17) is 4.74 Å². The summed E-state index contributed by atoms with van der Waals surface area (Å²) in [6.07, 6.45) is 1.20. The van der Waals surface area contributed by atoms with Crippen LogP contribution in [0.1, 0.15) is 50.4 Å². The van der Waals surface area contributed by atoms with Crippen LogP contribution in [0.4, 0.5) is 0 Å². The summed E-state index contributed by atoms with van der Waals surface area (Å²) in [5, 5.41) is 0. The number of hydrogen-bond acceptors (Lipinski definition) is 3. The Morgan fingerprint density at radius 3 is 2.22 bits per heavy atom. The van der Waals surface area contributed by atoms with E-state index >= 15 is 0 Å². The van der Waals surface area contributed by atoms with Gasteiger partial charge in [-0.1, -0.05) is 30.3 Å². The number of hydrogen-bond donors (Lipinski definition) is 0. The van der Waals surface area contributed by atoms with Crippen molar-refractivity contribution < 1.29 is 14.3 Å². The highest BCUT2D eigenvalue weighted by atomic mass is 16.6. The van der Waals surface area contributed by atoms with Crippen LogP contribution in [0.25, 0.3) is 0 Å². The van der Waals surface area contributed by atoms with Gasteiger partial charge in [0.1, 0.15) is 5.60 Å². The second-order valence-corrected chi connectivity index (χ2v) is 5.23. The normalized spacial score (nSPS) is 11.1. The Balaban J connectivity index is 2.30. The van der Waals surface area contributed by atoms with Crippen LogP contribution in [-0.4, -0.2) is 17.4 Å². The zero-order chi connectivity index (χ0) is 13.6.